The minimum atomic E-state index is 0.540. The molecule has 0 spiro atoms. The number of aromatic nitrogens is 2. The molecule has 0 aliphatic carbocycles. The molecule has 0 amide bonds. The van der Waals surface area contributed by atoms with Gasteiger partial charge < -0.3 is 14.8 Å². The highest BCUT2D eigenvalue weighted by Crippen LogP contribution is 2.25. The first-order chi connectivity index (χ1) is 11.6. The minimum Gasteiger partial charge on any atom is -0.497 e. The molecule has 0 radical (unpaired) electrons. The number of anilines is 1. The normalized spacial score (nSPS) is 10.1. The van der Waals surface area contributed by atoms with Gasteiger partial charge in [0.1, 0.15) is 23.1 Å². The highest BCUT2D eigenvalue weighted by molar-refractivity contribution is 5.55. The summed E-state index contributed by atoms with van der Waals surface area (Å²) >= 11 is 0. The molecule has 0 aliphatic heterocycles. The second-order valence-corrected chi connectivity index (χ2v) is 5.45. The molecule has 2 aromatic rings. The molecular weight excluding hydrogens is 304 g/mol. The molecule has 0 unspecified atom stereocenters. The fourth-order valence-electron chi connectivity index (χ4n) is 2.43. The van der Waals surface area contributed by atoms with Gasteiger partial charge in [-0.1, -0.05) is 0 Å². The number of nitrogens with one attached hydrogen (secondary N) is 1. The van der Waals surface area contributed by atoms with E-state index < -0.39 is 0 Å². The van der Waals surface area contributed by atoms with Gasteiger partial charge in [-0.3, -0.25) is 0 Å². The molecular formula is C18H22N4O2. The van der Waals surface area contributed by atoms with Gasteiger partial charge in [0.15, 0.2) is 5.82 Å². The first-order valence-electron chi connectivity index (χ1n) is 7.79. The smallest absolute Gasteiger partial charge is 0.166 e. The molecule has 6 heteroatoms. The molecule has 1 heterocycles. The Labute approximate surface area is 142 Å². The van der Waals surface area contributed by atoms with Gasteiger partial charge in [-0.2, -0.15) is 10.4 Å². The van der Waals surface area contributed by atoms with E-state index in [0.717, 1.165) is 41.2 Å². The monoisotopic (exact) mass is 326 g/mol. The SMILES string of the molecule is COc1ccc(OC)c(CCCNc2nnc(C)c(C)c2C#N)c1. The molecule has 0 aliphatic rings. The van der Waals surface area contributed by atoms with Crippen LogP contribution in [-0.2, 0) is 6.42 Å². The van der Waals surface area contributed by atoms with Crippen molar-refractivity contribution in [2.45, 2.75) is 26.7 Å². The van der Waals surface area contributed by atoms with Crippen molar-refractivity contribution < 1.29 is 9.47 Å². The van der Waals surface area contributed by atoms with Crippen LogP contribution in [0.25, 0.3) is 0 Å². The van der Waals surface area contributed by atoms with Crippen LogP contribution in [0, 0.1) is 25.2 Å². The van der Waals surface area contributed by atoms with Gasteiger partial charge in [-0.15, -0.1) is 5.10 Å². The van der Waals surface area contributed by atoms with Gasteiger partial charge in [0.05, 0.1) is 19.9 Å². The van der Waals surface area contributed by atoms with Crippen LogP contribution in [0.2, 0.25) is 0 Å². The van der Waals surface area contributed by atoms with Crippen molar-refractivity contribution >= 4 is 5.82 Å². The Morgan fingerprint density at radius 1 is 1.17 bits per heavy atom. The lowest BCUT2D eigenvalue weighted by atomic mass is 10.1. The zero-order chi connectivity index (χ0) is 17.5. The third kappa shape index (κ3) is 3.93. The third-order valence-electron chi connectivity index (χ3n) is 3.97. The average molecular weight is 326 g/mol. The van der Waals surface area contributed by atoms with E-state index >= 15 is 0 Å². The summed E-state index contributed by atoms with van der Waals surface area (Å²) in [6, 6.07) is 7.96. The number of methoxy groups -OCH3 is 2. The lowest BCUT2D eigenvalue weighted by molar-refractivity contribution is 0.398. The van der Waals surface area contributed by atoms with Crippen molar-refractivity contribution in [1.29, 1.82) is 5.26 Å². The molecule has 126 valence electrons. The summed E-state index contributed by atoms with van der Waals surface area (Å²) < 4.78 is 10.6. The third-order valence-corrected chi connectivity index (χ3v) is 3.97. The first-order valence-corrected chi connectivity index (χ1v) is 7.79. The van der Waals surface area contributed by atoms with Crippen LogP contribution in [0.3, 0.4) is 0 Å². The Balaban J connectivity index is 1.99. The molecule has 0 saturated heterocycles. The maximum absolute atomic E-state index is 9.30. The molecule has 24 heavy (non-hydrogen) atoms. The van der Waals surface area contributed by atoms with Gasteiger partial charge in [-0.25, -0.2) is 0 Å². The van der Waals surface area contributed by atoms with Crippen LogP contribution >= 0.6 is 0 Å². The first kappa shape index (κ1) is 17.5. The van der Waals surface area contributed by atoms with Crippen LogP contribution in [0.15, 0.2) is 18.2 Å². The average Bonchev–Trinajstić information content (AvgIpc) is 2.61. The molecule has 1 aromatic heterocycles. The van der Waals surface area contributed by atoms with Crippen molar-refractivity contribution in [1.82, 2.24) is 10.2 Å². The summed E-state index contributed by atoms with van der Waals surface area (Å²) in [7, 11) is 3.31. The lowest BCUT2D eigenvalue weighted by Crippen LogP contribution is -2.09. The van der Waals surface area contributed by atoms with Crippen LogP contribution < -0.4 is 14.8 Å². The minimum absolute atomic E-state index is 0.540. The highest BCUT2D eigenvalue weighted by atomic mass is 16.5. The number of hydrogen-bond donors (Lipinski definition) is 1. The zero-order valence-corrected chi connectivity index (χ0v) is 14.5. The van der Waals surface area contributed by atoms with Crippen LogP contribution in [-0.4, -0.2) is 31.0 Å². The van der Waals surface area contributed by atoms with Gasteiger partial charge in [0, 0.05) is 6.54 Å². The molecule has 0 bridgehead atoms. The molecule has 0 atom stereocenters. The van der Waals surface area contributed by atoms with E-state index in [2.05, 4.69) is 21.6 Å². The molecule has 0 saturated carbocycles. The lowest BCUT2D eigenvalue weighted by Gasteiger charge is -2.12. The number of aryl methyl sites for hydroxylation is 2. The quantitative estimate of drug-likeness (QED) is 0.788. The molecule has 1 aromatic carbocycles. The topological polar surface area (TPSA) is 80.1 Å². The summed E-state index contributed by atoms with van der Waals surface area (Å²) in [5.74, 6) is 2.20. The Morgan fingerprint density at radius 2 is 1.96 bits per heavy atom. The standard InChI is InChI=1S/C18H22N4O2/c1-12-13(2)21-22-18(16(12)11-19)20-9-5-6-14-10-15(23-3)7-8-17(14)24-4/h7-8,10H,5-6,9H2,1-4H3,(H,20,22). The number of rotatable bonds is 7. The predicted molar refractivity (Wildman–Crippen MR) is 92.6 cm³/mol. The van der Waals surface area contributed by atoms with Crippen LogP contribution in [0.1, 0.15) is 28.8 Å². The highest BCUT2D eigenvalue weighted by Gasteiger charge is 2.10. The summed E-state index contributed by atoms with van der Waals surface area (Å²) in [6.45, 7) is 4.42. The second-order valence-electron chi connectivity index (χ2n) is 5.45. The number of nitrogens with zero attached hydrogens (tertiary/aromatic N) is 3. The van der Waals surface area contributed by atoms with Crippen molar-refractivity contribution in [2.24, 2.45) is 0 Å². The van der Waals surface area contributed by atoms with E-state index in [1.165, 1.54) is 0 Å². The van der Waals surface area contributed by atoms with E-state index in [9.17, 15) is 5.26 Å². The van der Waals surface area contributed by atoms with E-state index in [0.29, 0.717) is 17.9 Å². The number of hydrogen-bond acceptors (Lipinski definition) is 6. The molecule has 2 rings (SSSR count). The molecule has 1 N–H and O–H groups in total. The maximum Gasteiger partial charge on any atom is 0.166 e. The van der Waals surface area contributed by atoms with Crippen molar-refractivity contribution in [3.8, 4) is 17.6 Å². The van der Waals surface area contributed by atoms with Crippen molar-refractivity contribution in [3.05, 3.63) is 40.6 Å². The van der Waals surface area contributed by atoms with Crippen molar-refractivity contribution in [3.63, 3.8) is 0 Å². The Morgan fingerprint density at radius 3 is 2.62 bits per heavy atom. The zero-order valence-electron chi connectivity index (χ0n) is 14.5. The number of nitriles is 1. The Hall–Kier alpha value is -2.81. The predicted octanol–water partition coefficient (Wildman–Crippen LogP) is 3.03. The van der Waals surface area contributed by atoms with E-state index in [1.807, 2.05) is 32.0 Å². The van der Waals surface area contributed by atoms with E-state index in [1.54, 1.807) is 14.2 Å². The summed E-state index contributed by atoms with van der Waals surface area (Å²) in [5, 5.41) is 20.7. The molecule has 6 nitrogen and oxygen atoms in total. The van der Waals surface area contributed by atoms with Crippen LogP contribution in [0.5, 0.6) is 11.5 Å². The van der Waals surface area contributed by atoms with Gasteiger partial charge in [-0.05, 0) is 56.0 Å². The van der Waals surface area contributed by atoms with Crippen LogP contribution in [0.4, 0.5) is 5.82 Å². The second kappa shape index (κ2) is 8.16. The largest absolute Gasteiger partial charge is 0.497 e. The van der Waals surface area contributed by atoms with E-state index in [4.69, 9.17) is 9.47 Å². The van der Waals surface area contributed by atoms with Gasteiger partial charge in [0.2, 0.25) is 0 Å². The van der Waals surface area contributed by atoms with E-state index in [-0.39, 0.29) is 0 Å². The number of ether oxygens (including phenoxy) is 2. The fraction of sp³-hybridized carbons (Fsp3) is 0.389. The summed E-state index contributed by atoms with van der Waals surface area (Å²) in [5.41, 5.74) is 3.29. The van der Waals surface area contributed by atoms with Crippen molar-refractivity contribution in [2.75, 3.05) is 26.1 Å². The Bertz CT molecular complexity index is 753. The Kier molecular flexibility index (Phi) is 5.96. The summed E-state index contributed by atoms with van der Waals surface area (Å²) in [4.78, 5) is 0. The number of benzene rings is 1. The maximum atomic E-state index is 9.30. The summed E-state index contributed by atoms with van der Waals surface area (Å²) in [6.07, 6.45) is 1.69. The fourth-order valence-corrected chi connectivity index (χ4v) is 2.43. The van der Waals surface area contributed by atoms with Gasteiger partial charge >= 0.3 is 0 Å². The molecule has 0 fully saturated rings. The van der Waals surface area contributed by atoms with Gasteiger partial charge in [0.25, 0.3) is 0 Å².